The maximum Gasteiger partial charge on any atom is 0.360 e. The van der Waals surface area contributed by atoms with Crippen LogP contribution in [-0.2, 0) is 11.2 Å². The highest BCUT2D eigenvalue weighted by Gasteiger charge is 2.15. The first kappa shape index (κ1) is 14.9. The van der Waals surface area contributed by atoms with E-state index in [0.29, 0.717) is 11.3 Å². The van der Waals surface area contributed by atoms with E-state index in [1.165, 1.54) is 26.4 Å². The zero-order valence-corrected chi connectivity index (χ0v) is 11.5. The molecule has 6 heteroatoms. The molecule has 2 rings (SSSR count). The van der Waals surface area contributed by atoms with E-state index in [1.54, 1.807) is 12.1 Å². The predicted molar refractivity (Wildman–Crippen MR) is 71.3 cm³/mol. The summed E-state index contributed by atoms with van der Waals surface area (Å²) in [5.74, 6) is -1.69. The van der Waals surface area contributed by atoms with Crippen LogP contribution in [0.5, 0.6) is 5.75 Å². The monoisotopic (exact) mass is 293 g/mol. The van der Waals surface area contributed by atoms with Crippen molar-refractivity contribution in [3.8, 4) is 5.75 Å². The smallest absolute Gasteiger partial charge is 0.360 e. The van der Waals surface area contributed by atoms with Crippen LogP contribution in [0.1, 0.15) is 21.7 Å². The maximum absolute atomic E-state index is 13.2. The number of pyridine rings is 1. The molecule has 0 saturated heterocycles. The summed E-state index contributed by atoms with van der Waals surface area (Å²) in [4.78, 5) is 15.7. The zero-order chi connectivity index (χ0) is 15.4. The normalized spacial score (nSPS) is 10.3. The Labute approximate surface area is 120 Å². The molecule has 1 aromatic carbocycles. The average molecular weight is 293 g/mol. The van der Waals surface area contributed by atoms with Crippen molar-refractivity contribution in [2.45, 2.75) is 6.42 Å². The van der Waals surface area contributed by atoms with Gasteiger partial charge in [0, 0.05) is 18.2 Å². The summed E-state index contributed by atoms with van der Waals surface area (Å²) in [6.07, 6.45) is 0.183. The van der Waals surface area contributed by atoms with Gasteiger partial charge in [0.1, 0.15) is 11.6 Å². The van der Waals surface area contributed by atoms with Gasteiger partial charge in [0.15, 0.2) is 11.4 Å². The van der Waals surface area contributed by atoms with E-state index in [9.17, 15) is 13.6 Å². The fraction of sp³-hybridized carbons (Fsp3) is 0.200. The summed E-state index contributed by atoms with van der Waals surface area (Å²) in [6, 6.07) is 6.41. The third-order valence-corrected chi connectivity index (χ3v) is 2.82. The molecule has 0 saturated carbocycles. The standard InChI is InChI=1S/C15H13F2NO3/c1-20-13-4-3-12(18-14(13)15(19)21-2)7-9-5-10(16)8-11(17)6-9/h3-6,8H,7H2,1-2H3. The molecule has 0 N–H and O–H groups in total. The van der Waals surface area contributed by atoms with E-state index < -0.39 is 17.6 Å². The molecule has 0 aliphatic carbocycles. The second kappa shape index (κ2) is 6.30. The van der Waals surface area contributed by atoms with Crippen LogP contribution in [0.15, 0.2) is 30.3 Å². The van der Waals surface area contributed by atoms with Gasteiger partial charge in [0.2, 0.25) is 0 Å². The number of nitrogens with zero attached hydrogens (tertiary/aromatic N) is 1. The molecule has 21 heavy (non-hydrogen) atoms. The Balaban J connectivity index is 2.34. The average Bonchev–Trinajstić information content (AvgIpc) is 2.45. The molecule has 1 heterocycles. The summed E-state index contributed by atoms with van der Waals surface area (Å²) >= 11 is 0. The largest absolute Gasteiger partial charge is 0.494 e. The molecule has 2 aromatic rings. The molecule has 0 bridgehead atoms. The molecule has 0 atom stereocenters. The Hall–Kier alpha value is -2.50. The third kappa shape index (κ3) is 3.53. The highest BCUT2D eigenvalue weighted by molar-refractivity contribution is 5.90. The van der Waals surface area contributed by atoms with Gasteiger partial charge in [-0.2, -0.15) is 0 Å². The summed E-state index contributed by atoms with van der Waals surface area (Å²) in [5, 5.41) is 0. The first-order chi connectivity index (χ1) is 10.0. The molecule has 0 aliphatic heterocycles. The highest BCUT2D eigenvalue weighted by Crippen LogP contribution is 2.19. The minimum Gasteiger partial charge on any atom is -0.494 e. The molecule has 0 aliphatic rings. The Morgan fingerprint density at radius 2 is 1.81 bits per heavy atom. The summed E-state index contributed by atoms with van der Waals surface area (Å²) < 4.78 is 36.0. The van der Waals surface area contributed by atoms with Gasteiger partial charge < -0.3 is 9.47 Å². The van der Waals surface area contributed by atoms with Gasteiger partial charge in [-0.15, -0.1) is 0 Å². The topological polar surface area (TPSA) is 48.4 Å². The van der Waals surface area contributed by atoms with Crippen LogP contribution in [0, 0.1) is 11.6 Å². The second-order valence-corrected chi connectivity index (χ2v) is 4.30. The van der Waals surface area contributed by atoms with Gasteiger partial charge in [0.05, 0.1) is 14.2 Å². The quantitative estimate of drug-likeness (QED) is 0.813. The number of carbonyl (C=O) groups is 1. The number of benzene rings is 1. The number of aromatic nitrogens is 1. The molecule has 4 nitrogen and oxygen atoms in total. The Morgan fingerprint density at radius 1 is 1.14 bits per heavy atom. The molecular weight excluding hydrogens is 280 g/mol. The summed E-state index contributed by atoms with van der Waals surface area (Å²) in [6.45, 7) is 0. The van der Waals surface area contributed by atoms with Crippen LogP contribution in [0.2, 0.25) is 0 Å². The molecule has 1 aromatic heterocycles. The lowest BCUT2D eigenvalue weighted by molar-refractivity contribution is 0.0589. The van der Waals surface area contributed by atoms with E-state index in [0.717, 1.165) is 6.07 Å². The second-order valence-electron chi connectivity index (χ2n) is 4.30. The van der Waals surface area contributed by atoms with E-state index in [4.69, 9.17) is 4.74 Å². The molecule has 0 radical (unpaired) electrons. The fourth-order valence-electron chi connectivity index (χ4n) is 1.92. The minimum atomic E-state index is -0.660. The Morgan fingerprint density at radius 3 is 2.38 bits per heavy atom. The van der Waals surface area contributed by atoms with Crippen LogP contribution in [0.3, 0.4) is 0 Å². The van der Waals surface area contributed by atoms with Crippen LogP contribution in [-0.4, -0.2) is 25.2 Å². The summed E-state index contributed by atoms with van der Waals surface area (Å²) in [5.41, 5.74) is 0.913. The number of methoxy groups -OCH3 is 2. The van der Waals surface area contributed by atoms with E-state index in [2.05, 4.69) is 9.72 Å². The lowest BCUT2D eigenvalue weighted by Gasteiger charge is -2.08. The molecule has 0 unspecified atom stereocenters. The lowest BCUT2D eigenvalue weighted by Crippen LogP contribution is -2.09. The lowest BCUT2D eigenvalue weighted by atomic mass is 10.1. The Kier molecular flexibility index (Phi) is 4.47. The SMILES string of the molecule is COC(=O)c1nc(Cc2cc(F)cc(F)c2)ccc1OC. The Bertz CT molecular complexity index is 654. The number of halogens is 2. The van der Waals surface area contributed by atoms with Crippen molar-refractivity contribution in [1.82, 2.24) is 4.98 Å². The number of ether oxygens (including phenoxy) is 2. The van der Waals surface area contributed by atoms with Crippen molar-refractivity contribution in [1.29, 1.82) is 0 Å². The molecule has 0 spiro atoms. The number of hydrogen-bond donors (Lipinski definition) is 0. The maximum atomic E-state index is 13.2. The molecule has 0 fully saturated rings. The van der Waals surface area contributed by atoms with Crippen molar-refractivity contribution in [3.63, 3.8) is 0 Å². The van der Waals surface area contributed by atoms with Crippen LogP contribution in [0.4, 0.5) is 8.78 Å². The van der Waals surface area contributed by atoms with Crippen molar-refractivity contribution in [3.05, 3.63) is 58.9 Å². The first-order valence-corrected chi connectivity index (χ1v) is 6.10. The fourth-order valence-corrected chi connectivity index (χ4v) is 1.92. The van der Waals surface area contributed by atoms with Gasteiger partial charge in [-0.25, -0.2) is 18.6 Å². The van der Waals surface area contributed by atoms with Crippen LogP contribution in [0.25, 0.3) is 0 Å². The van der Waals surface area contributed by atoms with Gasteiger partial charge in [-0.3, -0.25) is 0 Å². The van der Waals surface area contributed by atoms with Gasteiger partial charge >= 0.3 is 5.97 Å². The predicted octanol–water partition coefficient (Wildman–Crippen LogP) is 2.75. The summed E-state index contributed by atoms with van der Waals surface area (Å²) in [7, 11) is 2.64. The highest BCUT2D eigenvalue weighted by atomic mass is 19.1. The third-order valence-electron chi connectivity index (χ3n) is 2.82. The van der Waals surface area contributed by atoms with Crippen molar-refractivity contribution < 1.29 is 23.0 Å². The molecule has 110 valence electrons. The number of rotatable bonds is 4. The van der Waals surface area contributed by atoms with E-state index in [-0.39, 0.29) is 17.9 Å². The van der Waals surface area contributed by atoms with Crippen molar-refractivity contribution >= 4 is 5.97 Å². The first-order valence-electron chi connectivity index (χ1n) is 6.10. The van der Waals surface area contributed by atoms with Crippen molar-refractivity contribution in [2.75, 3.05) is 14.2 Å². The van der Waals surface area contributed by atoms with Gasteiger partial charge in [-0.05, 0) is 29.8 Å². The van der Waals surface area contributed by atoms with Crippen molar-refractivity contribution in [2.24, 2.45) is 0 Å². The number of hydrogen-bond acceptors (Lipinski definition) is 4. The van der Waals surface area contributed by atoms with Gasteiger partial charge in [0.25, 0.3) is 0 Å². The number of esters is 1. The molecular formula is C15H13F2NO3. The zero-order valence-electron chi connectivity index (χ0n) is 11.5. The number of carbonyl (C=O) groups excluding carboxylic acids is 1. The van der Waals surface area contributed by atoms with Crippen LogP contribution >= 0.6 is 0 Å². The van der Waals surface area contributed by atoms with Crippen LogP contribution < -0.4 is 4.74 Å². The van der Waals surface area contributed by atoms with Gasteiger partial charge in [-0.1, -0.05) is 0 Å². The van der Waals surface area contributed by atoms with E-state index >= 15 is 0 Å². The minimum absolute atomic E-state index is 0.0226. The van der Waals surface area contributed by atoms with E-state index in [1.807, 2.05) is 0 Å². The molecule has 0 amide bonds.